The van der Waals surface area contributed by atoms with Gasteiger partial charge in [0.05, 0.1) is 19.3 Å². The average Bonchev–Trinajstić information content (AvgIpc) is 3.08. The maximum absolute atomic E-state index is 5.74. The largest absolute Gasteiger partial charge is 0.443 e. The summed E-state index contributed by atoms with van der Waals surface area (Å²) in [6, 6.07) is 0. The van der Waals surface area contributed by atoms with Crippen LogP contribution in [0.3, 0.4) is 0 Å². The second kappa shape index (κ2) is 8.32. The minimum atomic E-state index is -0.0383. The molecule has 0 radical (unpaired) electrons. The van der Waals surface area contributed by atoms with E-state index in [1.807, 2.05) is 17.8 Å². The second-order valence-electron chi connectivity index (χ2n) is 6.10. The Hall–Kier alpha value is -1.58. The molecule has 0 aliphatic rings. The molecule has 0 bridgehead atoms. The van der Waals surface area contributed by atoms with Gasteiger partial charge in [-0.1, -0.05) is 20.8 Å². The minimum Gasteiger partial charge on any atom is -0.443 e. The Balaban J connectivity index is 0.00000264. The Labute approximate surface area is 154 Å². The first-order chi connectivity index (χ1) is 10.4. The number of hydrogen-bond donors (Lipinski definition) is 2. The number of imidazole rings is 1. The highest BCUT2D eigenvalue weighted by molar-refractivity contribution is 14.0. The molecule has 2 aromatic rings. The van der Waals surface area contributed by atoms with Crippen molar-refractivity contribution in [3.63, 3.8) is 0 Å². The molecule has 8 heteroatoms. The summed E-state index contributed by atoms with van der Waals surface area (Å²) in [5.74, 6) is 3.14. The average molecular weight is 432 g/mol. The third-order valence-corrected chi connectivity index (χ3v) is 3.26. The van der Waals surface area contributed by atoms with E-state index in [2.05, 4.69) is 46.4 Å². The van der Waals surface area contributed by atoms with Crippen LogP contribution in [-0.2, 0) is 25.6 Å². The predicted octanol–water partition coefficient (Wildman–Crippen LogP) is 2.19. The molecule has 0 saturated carbocycles. The fourth-order valence-electron chi connectivity index (χ4n) is 1.85. The molecule has 2 N–H and O–H groups in total. The summed E-state index contributed by atoms with van der Waals surface area (Å²) in [7, 11) is 3.69. The number of nitrogens with zero attached hydrogens (tertiary/aromatic N) is 4. The van der Waals surface area contributed by atoms with Crippen LogP contribution in [0.5, 0.6) is 0 Å². The number of guanidine groups is 1. The van der Waals surface area contributed by atoms with E-state index in [1.54, 1.807) is 19.4 Å². The molecule has 0 unspecified atom stereocenters. The van der Waals surface area contributed by atoms with Crippen LogP contribution in [-0.4, -0.2) is 27.5 Å². The lowest BCUT2D eigenvalue weighted by atomic mass is 9.94. The van der Waals surface area contributed by atoms with E-state index in [-0.39, 0.29) is 29.4 Å². The summed E-state index contributed by atoms with van der Waals surface area (Å²) in [4.78, 5) is 12.7. The SMILES string of the molecule is CN=C(NCc1ncc(C(C)(C)C)o1)NCc1nccn1C.I. The highest BCUT2D eigenvalue weighted by Crippen LogP contribution is 2.22. The van der Waals surface area contributed by atoms with Gasteiger partial charge in [-0.25, -0.2) is 9.97 Å². The van der Waals surface area contributed by atoms with Crippen LogP contribution in [0.4, 0.5) is 0 Å². The van der Waals surface area contributed by atoms with Crippen molar-refractivity contribution in [3.05, 3.63) is 36.1 Å². The van der Waals surface area contributed by atoms with Crippen LogP contribution in [0, 0.1) is 0 Å². The van der Waals surface area contributed by atoms with Crippen molar-refractivity contribution < 1.29 is 4.42 Å². The first-order valence-electron chi connectivity index (χ1n) is 7.26. The molecule has 0 amide bonds. The Kier molecular flexibility index (Phi) is 7.04. The van der Waals surface area contributed by atoms with Crippen molar-refractivity contribution in [2.24, 2.45) is 12.0 Å². The Morgan fingerprint density at radius 1 is 1.26 bits per heavy atom. The minimum absolute atomic E-state index is 0. The summed E-state index contributed by atoms with van der Waals surface area (Å²) in [5, 5.41) is 6.38. The molecule has 0 fully saturated rings. The first kappa shape index (κ1) is 19.5. The standard InChI is InChI=1S/C15H24N6O.HI/c1-15(2,3)11-8-18-13(22-11)10-20-14(16-4)19-9-12-17-6-7-21(12)5;/h6-8H,9-10H2,1-5H3,(H2,16,19,20);1H. The molecule has 0 saturated heterocycles. The zero-order valence-electron chi connectivity index (χ0n) is 14.3. The predicted molar refractivity (Wildman–Crippen MR) is 101 cm³/mol. The number of nitrogens with one attached hydrogen (secondary N) is 2. The van der Waals surface area contributed by atoms with Crippen LogP contribution in [0.1, 0.15) is 38.2 Å². The van der Waals surface area contributed by atoms with Gasteiger partial charge in [0.25, 0.3) is 0 Å². The van der Waals surface area contributed by atoms with Gasteiger partial charge in [-0.2, -0.15) is 0 Å². The van der Waals surface area contributed by atoms with Crippen LogP contribution in [0.15, 0.2) is 28.0 Å². The maximum Gasteiger partial charge on any atom is 0.213 e. The number of rotatable bonds is 4. The number of aromatic nitrogens is 3. The molecular formula is C15H25IN6O. The lowest BCUT2D eigenvalue weighted by molar-refractivity contribution is 0.379. The fraction of sp³-hybridized carbons (Fsp3) is 0.533. The van der Waals surface area contributed by atoms with Gasteiger partial charge in [-0.3, -0.25) is 4.99 Å². The van der Waals surface area contributed by atoms with E-state index < -0.39 is 0 Å². The second-order valence-corrected chi connectivity index (χ2v) is 6.10. The highest BCUT2D eigenvalue weighted by Gasteiger charge is 2.19. The Morgan fingerprint density at radius 3 is 2.48 bits per heavy atom. The highest BCUT2D eigenvalue weighted by atomic mass is 127. The quantitative estimate of drug-likeness (QED) is 0.440. The van der Waals surface area contributed by atoms with Crippen LogP contribution < -0.4 is 10.6 Å². The van der Waals surface area contributed by atoms with E-state index >= 15 is 0 Å². The van der Waals surface area contributed by atoms with Crippen molar-refractivity contribution in [1.82, 2.24) is 25.2 Å². The smallest absolute Gasteiger partial charge is 0.213 e. The maximum atomic E-state index is 5.74. The summed E-state index contributed by atoms with van der Waals surface area (Å²) in [5.41, 5.74) is -0.0383. The van der Waals surface area contributed by atoms with Gasteiger partial charge in [0.2, 0.25) is 5.89 Å². The number of hydrogen-bond acceptors (Lipinski definition) is 4. The number of oxazole rings is 1. The molecule has 2 heterocycles. The van der Waals surface area contributed by atoms with Crippen molar-refractivity contribution >= 4 is 29.9 Å². The van der Waals surface area contributed by atoms with Gasteiger partial charge in [-0.05, 0) is 0 Å². The van der Waals surface area contributed by atoms with Gasteiger partial charge >= 0.3 is 0 Å². The van der Waals surface area contributed by atoms with E-state index in [0.29, 0.717) is 24.9 Å². The molecule has 23 heavy (non-hydrogen) atoms. The number of halogens is 1. The normalized spacial score (nSPS) is 12.0. The third kappa shape index (κ3) is 5.52. The Bertz CT molecular complexity index is 640. The molecule has 2 aromatic heterocycles. The zero-order chi connectivity index (χ0) is 16.2. The zero-order valence-corrected chi connectivity index (χ0v) is 16.6. The summed E-state index contributed by atoms with van der Waals surface area (Å²) >= 11 is 0. The van der Waals surface area contributed by atoms with Crippen molar-refractivity contribution in [1.29, 1.82) is 0 Å². The summed E-state index contributed by atoms with van der Waals surface area (Å²) in [6.07, 6.45) is 5.46. The van der Waals surface area contributed by atoms with Crippen LogP contribution in [0.25, 0.3) is 0 Å². The molecule has 0 aromatic carbocycles. The van der Waals surface area contributed by atoms with Crippen LogP contribution in [0.2, 0.25) is 0 Å². The van der Waals surface area contributed by atoms with Crippen LogP contribution >= 0.6 is 24.0 Å². The monoisotopic (exact) mass is 432 g/mol. The lowest BCUT2D eigenvalue weighted by Crippen LogP contribution is -2.37. The molecule has 7 nitrogen and oxygen atoms in total. The lowest BCUT2D eigenvalue weighted by Gasteiger charge is -2.13. The van der Waals surface area contributed by atoms with Gasteiger partial charge in [-0.15, -0.1) is 24.0 Å². The van der Waals surface area contributed by atoms with Gasteiger partial charge in [0.1, 0.15) is 11.6 Å². The number of aryl methyl sites for hydroxylation is 1. The van der Waals surface area contributed by atoms with E-state index in [1.165, 1.54) is 0 Å². The fourth-order valence-corrected chi connectivity index (χ4v) is 1.85. The number of aliphatic imine (C=N–C) groups is 1. The van der Waals surface area contributed by atoms with Crippen molar-refractivity contribution in [2.75, 3.05) is 7.05 Å². The van der Waals surface area contributed by atoms with E-state index in [9.17, 15) is 0 Å². The first-order valence-corrected chi connectivity index (χ1v) is 7.26. The molecular weight excluding hydrogens is 407 g/mol. The van der Waals surface area contributed by atoms with Crippen molar-refractivity contribution in [2.45, 2.75) is 39.3 Å². The Morgan fingerprint density at radius 2 is 1.96 bits per heavy atom. The summed E-state index contributed by atoms with van der Waals surface area (Å²) in [6.45, 7) is 7.37. The molecule has 128 valence electrons. The van der Waals surface area contributed by atoms with Crippen molar-refractivity contribution in [3.8, 4) is 0 Å². The molecule has 0 atom stereocenters. The molecule has 2 rings (SSSR count). The summed E-state index contributed by atoms with van der Waals surface area (Å²) < 4.78 is 7.70. The van der Waals surface area contributed by atoms with Gasteiger partial charge < -0.3 is 19.6 Å². The molecule has 0 spiro atoms. The van der Waals surface area contributed by atoms with Gasteiger partial charge in [0, 0.05) is 31.9 Å². The van der Waals surface area contributed by atoms with E-state index in [0.717, 1.165) is 11.6 Å². The van der Waals surface area contributed by atoms with E-state index in [4.69, 9.17) is 4.42 Å². The molecule has 0 aliphatic heterocycles. The third-order valence-electron chi connectivity index (χ3n) is 3.26. The topological polar surface area (TPSA) is 80.3 Å². The van der Waals surface area contributed by atoms with Gasteiger partial charge in [0.15, 0.2) is 5.96 Å². The molecule has 0 aliphatic carbocycles.